The number of rotatable bonds is 4. The van der Waals surface area contributed by atoms with Crippen LogP contribution in [0.1, 0.15) is 26.7 Å². The van der Waals surface area contributed by atoms with Crippen molar-refractivity contribution in [3.63, 3.8) is 0 Å². The lowest BCUT2D eigenvalue weighted by molar-refractivity contribution is -0.391. The van der Waals surface area contributed by atoms with Crippen LogP contribution in [0.15, 0.2) is 18.3 Å². The van der Waals surface area contributed by atoms with Crippen molar-refractivity contribution in [3.8, 4) is 5.75 Å². The Bertz CT molecular complexity index is 466. The Morgan fingerprint density at radius 3 is 3.00 bits per heavy atom. The molecule has 0 radical (unpaired) electrons. The third kappa shape index (κ3) is 1.92. The summed E-state index contributed by atoms with van der Waals surface area (Å²) in [7, 11) is 0. The Kier molecular flexibility index (Phi) is 3.21. The van der Waals surface area contributed by atoms with Crippen LogP contribution in [0.3, 0.4) is 0 Å². The number of aromatic nitrogens is 1. The van der Waals surface area contributed by atoms with Crippen LogP contribution in [0.4, 0.5) is 5.82 Å². The number of hydrogen-bond acceptors (Lipinski definition) is 5. The molecule has 98 valence electrons. The van der Waals surface area contributed by atoms with Gasteiger partial charge in [-0.1, -0.05) is 13.8 Å². The van der Waals surface area contributed by atoms with Crippen molar-refractivity contribution in [1.29, 1.82) is 0 Å². The second-order valence-corrected chi connectivity index (χ2v) is 4.89. The number of nitrogens with zero attached hydrogens (tertiary/aromatic N) is 2. The summed E-state index contributed by atoms with van der Waals surface area (Å²) in [5, 5.41) is 10.8. The third-order valence-corrected chi connectivity index (χ3v) is 4.01. The van der Waals surface area contributed by atoms with Crippen molar-refractivity contribution < 1.29 is 9.66 Å². The lowest BCUT2D eigenvalue weighted by Gasteiger charge is -2.51. The van der Waals surface area contributed by atoms with Gasteiger partial charge in [0, 0.05) is 17.9 Å². The highest BCUT2D eigenvalue weighted by molar-refractivity contribution is 5.39. The molecule has 3 unspecified atom stereocenters. The van der Waals surface area contributed by atoms with Gasteiger partial charge in [-0.15, -0.1) is 0 Å². The number of nitro groups is 1. The minimum absolute atomic E-state index is 0.0830. The first-order chi connectivity index (χ1) is 8.49. The maximum atomic E-state index is 10.8. The zero-order valence-corrected chi connectivity index (χ0v) is 10.5. The summed E-state index contributed by atoms with van der Waals surface area (Å²) in [6, 6.07) is 3.29. The Balaban J connectivity index is 2.18. The molecule has 1 heterocycles. The highest BCUT2D eigenvalue weighted by Gasteiger charge is 2.50. The van der Waals surface area contributed by atoms with Crippen LogP contribution < -0.4 is 10.5 Å². The summed E-state index contributed by atoms with van der Waals surface area (Å²) in [4.78, 5) is 14.0. The average Bonchev–Trinajstić information content (AvgIpc) is 2.37. The van der Waals surface area contributed by atoms with Crippen LogP contribution in [0.2, 0.25) is 0 Å². The van der Waals surface area contributed by atoms with Crippen molar-refractivity contribution in [3.05, 3.63) is 28.4 Å². The zero-order valence-electron chi connectivity index (χ0n) is 10.5. The second-order valence-electron chi connectivity index (χ2n) is 4.89. The molecule has 0 aliphatic heterocycles. The molecule has 0 saturated heterocycles. The lowest BCUT2D eigenvalue weighted by Crippen LogP contribution is -2.61. The van der Waals surface area contributed by atoms with E-state index in [0.717, 1.165) is 12.8 Å². The molecule has 2 N–H and O–H groups in total. The molecule has 2 rings (SSSR count). The molecule has 1 aromatic rings. The SMILES string of the molecule is CCC1(C)C(N)CC1Oc1cccnc1[N+](=O)[O-]. The molecule has 0 bridgehead atoms. The molecular formula is C12H17N3O3. The smallest absolute Gasteiger partial charge is 0.406 e. The maximum absolute atomic E-state index is 10.8. The number of hydrogen-bond donors (Lipinski definition) is 1. The average molecular weight is 251 g/mol. The van der Waals surface area contributed by atoms with Crippen molar-refractivity contribution in [1.82, 2.24) is 4.98 Å². The van der Waals surface area contributed by atoms with Gasteiger partial charge in [-0.25, -0.2) is 0 Å². The first kappa shape index (κ1) is 12.8. The molecule has 6 nitrogen and oxygen atoms in total. The molecule has 1 saturated carbocycles. The molecule has 18 heavy (non-hydrogen) atoms. The Labute approximate surface area is 105 Å². The predicted octanol–water partition coefficient (Wildman–Crippen LogP) is 1.88. The van der Waals surface area contributed by atoms with E-state index in [9.17, 15) is 10.1 Å². The molecular weight excluding hydrogens is 234 g/mol. The van der Waals surface area contributed by atoms with Crippen molar-refractivity contribution in [2.24, 2.45) is 11.1 Å². The van der Waals surface area contributed by atoms with Gasteiger partial charge < -0.3 is 20.6 Å². The van der Waals surface area contributed by atoms with Gasteiger partial charge in [-0.2, -0.15) is 0 Å². The Morgan fingerprint density at radius 1 is 1.72 bits per heavy atom. The minimum Gasteiger partial charge on any atom is -0.482 e. The summed E-state index contributed by atoms with van der Waals surface area (Å²) in [5.74, 6) is -0.0181. The quantitative estimate of drug-likeness (QED) is 0.651. The van der Waals surface area contributed by atoms with Crippen LogP contribution >= 0.6 is 0 Å². The number of pyridine rings is 1. The van der Waals surface area contributed by atoms with Crippen molar-refractivity contribution in [2.75, 3.05) is 0 Å². The van der Waals surface area contributed by atoms with E-state index in [1.807, 2.05) is 13.8 Å². The van der Waals surface area contributed by atoms with E-state index in [1.165, 1.54) is 6.20 Å². The van der Waals surface area contributed by atoms with E-state index in [-0.39, 0.29) is 29.1 Å². The van der Waals surface area contributed by atoms with Gasteiger partial charge in [0.1, 0.15) is 12.3 Å². The molecule has 1 aliphatic carbocycles. The normalized spacial score (nSPS) is 30.6. The highest BCUT2D eigenvalue weighted by atomic mass is 16.6. The van der Waals surface area contributed by atoms with Crippen LogP contribution in [-0.4, -0.2) is 22.1 Å². The standard InChI is InChI=1S/C12H17N3O3/c1-3-12(2)9(13)7-10(12)18-8-5-4-6-14-11(8)15(16)17/h4-6,9-10H,3,7,13H2,1-2H3. The van der Waals surface area contributed by atoms with Crippen molar-refractivity contribution >= 4 is 5.82 Å². The van der Waals surface area contributed by atoms with Crippen LogP contribution in [0.25, 0.3) is 0 Å². The van der Waals surface area contributed by atoms with Gasteiger partial charge in [-0.3, -0.25) is 0 Å². The fourth-order valence-electron chi connectivity index (χ4n) is 2.28. The maximum Gasteiger partial charge on any atom is 0.406 e. The van der Waals surface area contributed by atoms with E-state index in [1.54, 1.807) is 12.1 Å². The van der Waals surface area contributed by atoms with E-state index in [4.69, 9.17) is 10.5 Å². The van der Waals surface area contributed by atoms with E-state index in [0.29, 0.717) is 0 Å². The Hall–Kier alpha value is -1.69. The molecule has 1 aliphatic rings. The Morgan fingerprint density at radius 2 is 2.44 bits per heavy atom. The summed E-state index contributed by atoms with van der Waals surface area (Å²) in [6.45, 7) is 4.10. The van der Waals surface area contributed by atoms with Gasteiger partial charge in [-0.05, 0) is 28.5 Å². The lowest BCUT2D eigenvalue weighted by atomic mass is 9.62. The first-order valence-corrected chi connectivity index (χ1v) is 6.00. The first-order valence-electron chi connectivity index (χ1n) is 6.00. The summed E-state index contributed by atoms with van der Waals surface area (Å²) in [6.07, 6.45) is 2.90. The van der Waals surface area contributed by atoms with Gasteiger partial charge in [0.15, 0.2) is 0 Å². The van der Waals surface area contributed by atoms with Gasteiger partial charge >= 0.3 is 5.82 Å². The number of nitrogens with two attached hydrogens (primary N) is 1. The van der Waals surface area contributed by atoms with Gasteiger partial charge in [0.2, 0.25) is 5.75 Å². The summed E-state index contributed by atoms with van der Waals surface area (Å²) in [5.41, 5.74) is 5.86. The van der Waals surface area contributed by atoms with E-state index in [2.05, 4.69) is 4.98 Å². The number of ether oxygens (including phenoxy) is 1. The van der Waals surface area contributed by atoms with Gasteiger partial charge in [0.05, 0.1) is 0 Å². The van der Waals surface area contributed by atoms with E-state index < -0.39 is 4.92 Å². The summed E-state index contributed by atoms with van der Waals surface area (Å²) < 4.78 is 5.74. The fourth-order valence-corrected chi connectivity index (χ4v) is 2.28. The molecule has 0 amide bonds. The van der Waals surface area contributed by atoms with E-state index >= 15 is 0 Å². The van der Waals surface area contributed by atoms with Crippen LogP contribution in [0, 0.1) is 15.5 Å². The summed E-state index contributed by atoms with van der Waals surface area (Å²) >= 11 is 0. The molecule has 1 aromatic heterocycles. The minimum atomic E-state index is -0.531. The predicted molar refractivity (Wildman–Crippen MR) is 66.3 cm³/mol. The zero-order chi connectivity index (χ0) is 13.3. The van der Waals surface area contributed by atoms with Crippen LogP contribution in [-0.2, 0) is 0 Å². The molecule has 0 spiro atoms. The van der Waals surface area contributed by atoms with Gasteiger partial charge in [0.25, 0.3) is 0 Å². The van der Waals surface area contributed by atoms with Crippen molar-refractivity contribution in [2.45, 2.75) is 38.8 Å². The topological polar surface area (TPSA) is 91.3 Å². The largest absolute Gasteiger partial charge is 0.482 e. The second kappa shape index (κ2) is 4.53. The highest BCUT2D eigenvalue weighted by Crippen LogP contribution is 2.45. The fraction of sp³-hybridized carbons (Fsp3) is 0.583. The monoisotopic (exact) mass is 251 g/mol. The molecule has 6 heteroatoms. The molecule has 0 aromatic carbocycles. The molecule has 1 fully saturated rings. The third-order valence-electron chi connectivity index (χ3n) is 4.01. The molecule has 3 atom stereocenters. The van der Waals surface area contributed by atoms with Crippen LogP contribution in [0.5, 0.6) is 5.75 Å².